The molecule has 1 heterocycles. The van der Waals surface area contributed by atoms with Gasteiger partial charge in [0.15, 0.2) is 0 Å². The highest BCUT2D eigenvalue weighted by atomic mass is 35.5. The van der Waals surface area contributed by atoms with Gasteiger partial charge in [-0.05, 0) is 74.9 Å². The van der Waals surface area contributed by atoms with Gasteiger partial charge in [-0.1, -0.05) is 18.5 Å². The first-order valence-corrected chi connectivity index (χ1v) is 9.30. The number of nitrogens with one attached hydrogen (secondary N) is 2. The molecule has 1 aliphatic rings. The predicted molar refractivity (Wildman–Crippen MR) is 98.7 cm³/mol. The molecule has 1 atom stereocenters. The van der Waals surface area contributed by atoms with Crippen molar-refractivity contribution in [3.8, 4) is 5.75 Å². The van der Waals surface area contributed by atoms with E-state index in [9.17, 15) is 4.79 Å². The minimum atomic E-state index is 0.156. The average molecular weight is 353 g/mol. The number of hydrogen-bond acceptors (Lipinski definition) is 3. The topological polar surface area (TPSA) is 50.4 Å². The molecule has 1 aromatic carbocycles. The van der Waals surface area contributed by atoms with E-state index in [4.69, 9.17) is 16.3 Å². The van der Waals surface area contributed by atoms with Crippen molar-refractivity contribution in [3.63, 3.8) is 0 Å². The average Bonchev–Trinajstić information content (AvgIpc) is 2.57. The van der Waals surface area contributed by atoms with E-state index in [0.717, 1.165) is 35.8 Å². The minimum absolute atomic E-state index is 0.156. The van der Waals surface area contributed by atoms with E-state index in [2.05, 4.69) is 17.6 Å². The molecule has 1 amide bonds. The number of carbonyl (C=O) groups excluding carboxylic acids is 1. The van der Waals surface area contributed by atoms with Gasteiger partial charge in [-0.2, -0.15) is 0 Å². The predicted octanol–water partition coefficient (Wildman–Crippen LogP) is 3.56. The van der Waals surface area contributed by atoms with Crippen molar-refractivity contribution in [3.05, 3.63) is 28.8 Å². The Morgan fingerprint density at radius 2 is 2.17 bits per heavy atom. The Kier molecular flexibility index (Phi) is 7.86. The molecule has 0 aliphatic carbocycles. The third kappa shape index (κ3) is 6.33. The Balaban J connectivity index is 1.58. The fourth-order valence-electron chi connectivity index (χ4n) is 3.20. The molecule has 134 valence electrons. The number of amides is 1. The second-order valence-corrected chi connectivity index (χ2v) is 7.17. The van der Waals surface area contributed by atoms with Crippen molar-refractivity contribution < 1.29 is 9.53 Å². The molecule has 0 aromatic heterocycles. The van der Waals surface area contributed by atoms with E-state index < -0.39 is 0 Å². The van der Waals surface area contributed by atoms with Crippen molar-refractivity contribution >= 4 is 17.5 Å². The van der Waals surface area contributed by atoms with Gasteiger partial charge >= 0.3 is 0 Å². The monoisotopic (exact) mass is 352 g/mol. The van der Waals surface area contributed by atoms with Crippen LogP contribution in [0.5, 0.6) is 5.75 Å². The molecule has 2 N–H and O–H groups in total. The molecule has 1 aromatic rings. The van der Waals surface area contributed by atoms with E-state index in [-0.39, 0.29) is 5.91 Å². The Hall–Kier alpha value is -1.26. The first-order valence-electron chi connectivity index (χ1n) is 8.92. The van der Waals surface area contributed by atoms with Crippen molar-refractivity contribution in [1.29, 1.82) is 0 Å². The molecule has 1 saturated heterocycles. The maximum atomic E-state index is 12.0. The first-order chi connectivity index (χ1) is 11.6. The first kappa shape index (κ1) is 19.1. The summed E-state index contributed by atoms with van der Waals surface area (Å²) in [5.74, 6) is 2.14. The quantitative estimate of drug-likeness (QED) is 0.703. The van der Waals surface area contributed by atoms with Gasteiger partial charge in [0.25, 0.3) is 0 Å². The molecule has 0 saturated carbocycles. The van der Waals surface area contributed by atoms with E-state index in [1.54, 1.807) is 0 Å². The zero-order chi connectivity index (χ0) is 17.4. The third-order valence-corrected chi connectivity index (χ3v) is 4.97. The molecular formula is C19H29ClN2O2. The number of halogens is 1. The lowest BCUT2D eigenvalue weighted by atomic mass is 9.84. The van der Waals surface area contributed by atoms with Crippen LogP contribution in [0.4, 0.5) is 0 Å². The Morgan fingerprint density at radius 1 is 1.42 bits per heavy atom. The van der Waals surface area contributed by atoms with E-state index in [1.807, 2.05) is 25.1 Å². The molecule has 2 rings (SSSR count). The fraction of sp³-hybridized carbons (Fsp3) is 0.632. The van der Waals surface area contributed by atoms with Crippen LogP contribution >= 0.6 is 11.6 Å². The maximum Gasteiger partial charge on any atom is 0.220 e. The molecule has 1 fully saturated rings. The van der Waals surface area contributed by atoms with E-state index in [1.165, 1.54) is 12.8 Å². The Bertz CT molecular complexity index is 530. The number of piperidine rings is 1. The summed E-state index contributed by atoms with van der Waals surface area (Å²) in [6, 6.07) is 5.60. The molecule has 0 radical (unpaired) electrons. The number of rotatable bonds is 8. The Morgan fingerprint density at radius 3 is 2.88 bits per heavy atom. The lowest BCUT2D eigenvalue weighted by Crippen LogP contribution is -2.33. The van der Waals surface area contributed by atoms with Gasteiger partial charge in [-0.15, -0.1) is 0 Å². The third-order valence-electron chi connectivity index (χ3n) is 4.73. The standard InChI is InChI=1S/C19H29ClN2O2/c1-14(16-6-9-21-10-7-16)13-19(23)22-8-3-11-24-18-5-4-17(20)12-15(18)2/h4-5,12,14,16,21H,3,6-11,13H2,1-2H3,(H,22,23). The van der Waals surface area contributed by atoms with Crippen molar-refractivity contribution in [1.82, 2.24) is 10.6 Å². The minimum Gasteiger partial charge on any atom is -0.493 e. The lowest BCUT2D eigenvalue weighted by molar-refractivity contribution is -0.122. The highest BCUT2D eigenvalue weighted by molar-refractivity contribution is 6.30. The van der Waals surface area contributed by atoms with Crippen molar-refractivity contribution in [2.75, 3.05) is 26.2 Å². The second-order valence-electron chi connectivity index (χ2n) is 6.73. The summed E-state index contributed by atoms with van der Waals surface area (Å²) in [6.07, 6.45) is 3.79. The van der Waals surface area contributed by atoms with Crippen LogP contribution in [-0.4, -0.2) is 32.1 Å². The largest absolute Gasteiger partial charge is 0.493 e. The number of benzene rings is 1. The van der Waals surface area contributed by atoms with Crippen LogP contribution in [0.2, 0.25) is 5.02 Å². The summed E-state index contributed by atoms with van der Waals surface area (Å²) in [5, 5.41) is 7.09. The molecule has 1 aliphatic heterocycles. The highest BCUT2D eigenvalue weighted by Crippen LogP contribution is 2.24. The van der Waals surface area contributed by atoms with Crippen LogP contribution in [-0.2, 0) is 4.79 Å². The Labute approximate surface area is 150 Å². The van der Waals surface area contributed by atoms with Crippen LogP contribution < -0.4 is 15.4 Å². The van der Waals surface area contributed by atoms with Gasteiger partial charge in [0.05, 0.1) is 6.61 Å². The molecule has 24 heavy (non-hydrogen) atoms. The smallest absolute Gasteiger partial charge is 0.220 e. The van der Waals surface area contributed by atoms with Gasteiger partial charge in [0.1, 0.15) is 5.75 Å². The second kappa shape index (κ2) is 9.90. The van der Waals surface area contributed by atoms with Gasteiger partial charge in [0, 0.05) is 18.0 Å². The molecule has 0 bridgehead atoms. The molecule has 4 nitrogen and oxygen atoms in total. The van der Waals surface area contributed by atoms with Crippen molar-refractivity contribution in [2.24, 2.45) is 11.8 Å². The van der Waals surface area contributed by atoms with Gasteiger partial charge in [-0.3, -0.25) is 4.79 Å². The molecule has 5 heteroatoms. The molecular weight excluding hydrogens is 324 g/mol. The van der Waals surface area contributed by atoms with E-state index in [0.29, 0.717) is 31.4 Å². The van der Waals surface area contributed by atoms with Crippen LogP contribution in [0.1, 0.15) is 38.2 Å². The van der Waals surface area contributed by atoms with Crippen LogP contribution in [0, 0.1) is 18.8 Å². The van der Waals surface area contributed by atoms with Crippen LogP contribution in [0.15, 0.2) is 18.2 Å². The lowest BCUT2D eigenvalue weighted by Gasteiger charge is -2.27. The summed E-state index contributed by atoms with van der Waals surface area (Å²) in [5.41, 5.74) is 1.03. The molecule has 1 unspecified atom stereocenters. The highest BCUT2D eigenvalue weighted by Gasteiger charge is 2.21. The summed E-state index contributed by atoms with van der Waals surface area (Å²) < 4.78 is 5.73. The van der Waals surface area contributed by atoms with Gasteiger partial charge < -0.3 is 15.4 Å². The summed E-state index contributed by atoms with van der Waals surface area (Å²) in [4.78, 5) is 12.0. The number of carbonyl (C=O) groups is 1. The summed E-state index contributed by atoms with van der Waals surface area (Å²) in [7, 11) is 0. The van der Waals surface area contributed by atoms with Gasteiger partial charge in [-0.25, -0.2) is 0 Å². The number of aryl methyl sites for hydroxylation is 1. The molecule has 0 spiro atoms. The van der Waals surface area contributed by atoms with Crippen LogP contribution in [0.25, 0.3) is 0 Å². The summed E-state index contributed by atoms with van der Waals surface area (Å²) >= 11 is 5.93. The zero-order valence-electron chi connectivity index (χ0n) is 14.7. The fourth-order valence-corrected chi connectivity index (χ4v) is 3.43. The maximum absolute atomic E-state index is 12.0. The van der Waals surface area contributed by atoms with E-state index >= 15 is 0 Å². The number of ether oxygens (including phenoxy) is 1. The van der Waals surface area contributed by atoms with Gasteiger partial charge in [0.2, 0.25) is 5.91 Å². The number of hydrogen-bond donors (Lipinski definition) is 2. The SMILES string of the molecule is Cc1cc(Cl)ccc1OCCCNC(=O)CC(C)C1CCNCC1. The summed E-state index contributed by atoms with van der Waals surface area (Å²) in [6.45, 7) is 7.58. The van der Waals surface area contributed by atoms with Crippen molar-refractivity contribution in [2.45, 2.75) is 39.5 Å². The van der Waals surface area contributed by atoms with Crippen LogP contribution in [0.3, 0.4) is 0 Å². The normalized spacial score (nSPS) is 16.6. The zero-order valence-corrected chi connectivity index (χ0v) is 15.5.